The Morgan fingerprint density at radius 3 is 2.88 bits per heavy atom. The van der Waals surface area contributed by atoms with Gasteiger partial charge in [0.1, 0.15) is 5.82 Å². The molecule has 1 aliphatic carbocycles. The fraction of sp³-hybridized carbons (Fsp3) is 0.308. The van der Waals surface area contributed by atoms with Gasteiger partial charge in [0, 0.05) is 11.6 Å². The summed E-state index contributed by atoms with van der Waals surface area (Å²) in [6, 6.07) is 1.81. The highest BCUT2D eigenvalue weighted by atomic mass is 15.3. The number of nitrogens with two attached hydrogens (primary N) is 1. The molecule has 0 unspecified atom stereocenters. The zero-order valence-electron chi connectivity index (χ0n) is 9.72. The second kappa shape index (κ2) is 4.00. The van der Waals surface area contributed by atoms with Crippen molar-refractivity contribution in [2.24, 2.45) is 5.41 Å². The minimum absolute atomic E-state index is 0.0948. The number of aromatic nitrogens is 2. The van der Waals surface area contributed by atoms with Gasteiger partial charge < -0.3 is 5.73 Å². The molecule has 0 amide bonds. The molecule has 1 heterocycles. The van der Waals surface area contributed by atoms with Gasteiger partial charge in [-0.1, -0.05) is 44.2 Å². The van der Waals surface area contributed by atoms with Crippen molar-refractivity contribution in [1.29, 1.82) is 0 Å². The van der Waals surface area contributed by atoms with Crippen LogP contribution < -0.4 is 5.73 Å². The minimum atomic E-state index is 0.0948. The molecule has 0 atom stereocenters. The van der Waals surface area contributed by atoms with Crippen molar-refractivity contribution in [2.75, 3.05) is 5.73 Å². The molecule has 1 aliphatic rings. The average molecular weight is 215 g/mol. The fourth-order valence-corrected chi connectivity index (χ4v) is 1.81. The molecule has 0 fully saturated rings. The summed E-state index contributed by atoms with van der Waals surface area (Å²) in [5.74, 6) is 0.565. The summed E-state index contributed by atoms with van der Waals surface area (Å²) in [5.41, 5.74) is 6.93. The van der Waals surface area contributed by atoms with Gasteiger partial charge in [-0.2, -0.15) is 5.10 Å². The lowest BCUT2D eigenvalue weighted by Gasteiger charge is -2.15. The standard InChI is InChI=1S/C13H17N3/c1-13(2)7-4-3-5-11(9-13)10-16-8-6-12(14)15-16/h3-9H,10H2,1-2H3,(H2,14,15). The van der Waals surface area contributed by atoms with E-state index in [4.69, 9.17) is 5.73 Å². The molecule has 0 spiro atoms. The molecule has 0 saturated heterocycles. The van der Waals surface area contributed by atoms with Gasteiger partial charge in [0.05, 0.1) is 6.54 Å². The Hall–Kier alpha value is -1.77. The maximum atomic E-state index is 5.59. The van der Waals surface area contributed by atoms with E-state index in [0.29, 0.717) is 5.82 Å². The third-order valence-corrected chi connectivity index (χ3v) is 2.51. The van der Waals surface area contributed by atoms with E-state index in [2.05, 4.69) is 49.3 Å². The molecule has 3 heteroatoms. The van der Waals surface area contributed by atoms with E-state index < -0.39 is 0 Å². The zero-order chi connectivity index (χ0) is 11.6. The Morgan fingerprint density at radius 2 is 2.19 bits per heavy atom. The predicted molar refractivity (Wildman–Crippen MR) is 66.8 cm³/mol. The molecule has 1 aromatic rings. The highest BCUT2D eigenvalue weighted by Gasteiger charge is 2.12. The van der Waals surface area contributed by atoms with E-state index in [0.717, 1.165) is 6.54 Å². The molecule has 0 bridgehead atoms. The van der Waals surface area contributed by atoms with Gasteiger partial charge in [-0.05, 0) is 11.6 Å². The highest BCUT2D eigenvalue weighted by Crippen LogP contribution is 2.24. The summed E-state index contributed by atoms with van der Waals surface area (Å²) in [5, 5.41) is 4.18. The Bertz CT molecular complexity index is 461. The lowest BCUT2D eigenvalue weighted by Crippen LogP contribution is -2.06. The SMILES string of the molecule is CC1(C)C=CC=CC(Cn2ccc(N)n2)=C1. The molecule has 84 valence electrons. The second-order valence-electron chi connectivity index (χ2n) is 4.70. The van der Waals surface area contributed by atoms with Crippen LogP contribution in [0.3, 0.4) is 0 Å². The lowest BCUT2D eigenvalue weighted by atomic mass is 9.91. The average Bonchev–Trinajstić information content (AvgIpc) is 2.49. The summed E-state index contributed by atoms with van der Waals surface area (Å²) in [7, 11) is 0. The summed E-state index contributed by atoms with van der Waals surface area (Å²) in [4.78, 5) is 0. The third-order valence-electron chi connectivity index (χ3n) is 2.51. The number of hydrogen-bond donors (Lipinski definition) is 1. The number of nitrogen functional groups attached to an aromatic ring is 1. The van der Waals surface area contributed by atoms with Gasteiger partial charge in [0.25, 0.3) is 0 Å². The molecule has 0 aliphatic heterocycles. The van der Waals surface area contributed by atoms with E-state index in [1.165, 1.54) is 5.57 Å². The number of allylic oxidation sites excluding steroid dienone is 6. The van der Waals surface area contributed by atoms with Gasteiger partial charge in [-0.15, -0.1) is 0 Å². The van der Waals surface area contributed by atoms with Gasteiger partial charge >= 0.3 is 0 Å². The van der Waals surface area contributed by atoms with E-state index in [1.54, 1.807) is 0 Å². The van der Waals surface area contributed by atoms with Crippen molar-refractivity contribution < 1.29 is 0 Å². The Kier molecular flexibility index (Phi) is 2.69. The van der Waals surface area contributed by atoms with Crippen LogP contribution in [0.4, 0.5) is 5.82 Å². The summed E-state index contributed by atoms with van der Waals surface area (Å²) in [6.45, 7) is 5.14. The molecule has 0 radical (unpaired) electrons. The molecule has 2 N–H and O–H groups in total. The van der Waals surface area contributed by atoms with Gasteiger partial charge in [-0.3, -0.25) is 4.68 Å². The van der Waals surface area contributed by atoms with Crippen LogP contribution in [-0.2, 0) is 6.54 Å². The van der Waals surface area contributed by atoms with Crippen LogP contribution in [0.2, 0.25) is 0 Å². The zero-order valence-corrected chi connectivity index (χ0v) is 9.72. The first-order valence-corrected chi connectivity index (χ1v) is 5.42. The van der Waals surface area contributed by atoms with Crippen LogP contribution in [0.25, 0.3) is 0 Å². The van der Waals surface area contributed by atoms with E-state index in [1.807, 2.05) is 16.9 Å². The molecule has 2 rings (SSSR count). The Balaban J connectivity index is 2.19. The Labute approximate surface area is 96.0 Å². The van der Waals surface area contributed by atoms with Crippen LogP contribution in [0.5, 0.6) is 0 Å². The van der Waals surface area contributed by atoms with Crippen LogP contribution in [0.15, 0.2) is 48.2 Å². The van der Waals surface area contributed by atoms with Crippen molar-refractivity contribution >= 4 is 5.82 Å². The van der Waals surface area contributed by atoms with Gasteiger partial charge in [0.2, 0.25) is 0 Å². The highest BCUT2D eigenvalue weighted by molar-refractivity contribution is 5.31. The number of nitrogens with zero attached hydrogens (tertiary/aromatic N) is 2. The van der Waals surface area contributed by atoms with Gasteiger partial charge in [-0.25, -0.2) is 0 Å². The third kappa shape index (κ3) is 2.63. The largest absolute Gasteiger partial charge is 0.382 e. The number of rotatable bonds is 2. The van der Waals surface area contributed by atoms with Crippen molar-refractivity contribution in [3.63, 3.8) is 0 Å². The normalized spacial score (nSPS) is 18.2. The number of anilines is 1. The topological polar surface area (TPSA) is 43.8 Å². The van der Waals surface area contributed by atoms with Crippen molar-refractivity contribution in [3.05, 3.63) is 48.2 Å². The molecule has 0 aromatic carbocycles. The molecular formula is C13H17N3. The van der Waals surface area contributed by atoms with Crippen molar-refractivity contribution in [3.8, 4) is 0 Å². The van der Waals surface area contributed by atoms with E-state index in [-0.39, 0.29) is 5.41 Å². The van der Waals surface area contributed by atoms with Crippen molar-refractivity contribution in [2.45, 2.75) is 20.4 Å². The van der Waals surface area contributed by atoms with Crippen molar-refractivity contribution in [1.82, 2.24) is 9.78 Å². The minimum Gasteiger partial charge on any atom is -0.382 e. The van der Waals surface area contributed by atoms with Crippen LogP contribution >= 0.6 is 0 Å². The molecule has 1 aromatic heterocycles. The second-order valence-corrected chi connectivity index (χ2v) is 4.70. The van der Waals surface area contributed by atoms with Crippen LogP contribution in [0.1, 0.15) is 13.8 Å². The number of hydrogen-bond acceptors (Lipinski definition) is 2. The quantitative estimate of drug-likeness (QED) is 0.824. The lowest BCUT2D eigenvalue weighted by molar-refractivity contribution is 0.609. The van der Waals surface area contributed by atoms with Crippen LogP contribution in [0, 0.1) is 5.41 Å². The molecule has 16 heavy (non-hydrogen) atoms. The monoisotopic (exact) mass is 215 g/mol. The maximum absolute atomic E-state index is 5.59. The summed E-state index contributed by atoms with van der Waals surface area (Å²) in [6.07, 6.45) is 12.6. The fourth-order valence-electron chi connectivity index (χ4n) is 1.81. The van der Waals surface area contributed by atoms with E-state index in [9.17, 15) is 0 Å². The van der Waals surface area contributed by atoms with Crippen LogP contribution in [-0.4, -0.2) is 9.78 Å². The summed E-state index contributed by atoms with van der Waals surface area (Å²) >= 11 is 0. The maximum Gasteiger partial charge on any atom is 0.145 e. The predicted octanol–water partition coefficient (Wildman–Crippen LogP) is 2.54. The first-order valence-electron chi connectivity index (χ1n) is 5.42. The van der Waals surface area contributed by atoms with E-state index >= 15 is 0 Å². The molecule has 3 nitrogen and oxygen atoms in total. The smallest absolute Gasteiger partial charge is 0.145 e. The Morgan fingerprint density at radius 1 is 1.38 bits per heavy atom. The summed E-state index contributed by atoms with van der Waals surface area (Å²) < 4.78 is 1.85. The van der Waals surface area contributed by atoms with Gasteiger partial charge in [0.15, 0.2) is 0 Å². The molecular weight excluding hydrogens is 198 g/mol. The first-order chi connectivity index (χ1) is 7.55. The first kappa shape index (κ1) is 10.7. The molecule has 0 saturated carbocycles.